The molecule has 0 spiro atoms. The zero-order chi connectivity index (χ0) is 11.1. The summed E-state index contributed by atoms with van der Waals surface area (Å²) < 4.78 is 14.3. The van der Waals surface area contributed by atoms with Gasteiger partial charge < -0.3 is 0 Å². The highest BCUT2D eigenvalue weighted by atomic mass is 79.9. The molecular formula is C11H8BrClFN. The number of hydrogen-bond acceptors (Lipinski definition) is 1. The Hall–Kier alpha value is -0.590. The van der Waals surface area contributed by atoms with Gasteiger partial charge in [0.15, 0.2) is 0 Å². The molecule has 1 aromatic carbocycles. The Morgan fingerprint density at radius 1 is 1.47 bits per heavy atom. The molecule has 78 valence electrons. The predicted octanol–water partition coefficient (Wildman–Crippen LogP) is 4.19. The van der Waals surface area contributed by atoms with Crippen molar-refractivity contribution in [2.75, 3.05) is 0 Å². The molecule has 0 aromatic heterocycles. The lowest BCUT2D eigenvalue weighted by molar-refractivity contribution is 0.313. The average molecular weight is 289 g/mol. The lowest BCUT2D eigenvalue weighted by Gasteiger charge is -2.35. The fourth-order valence-electron chi connectivity index (χ4n) is 1.86. The summed E-state index contributed by atoms with van der Waals surface area (Å²) in [7, 11) is 0. The van der Waals surface area contributed by atoms with Crippen LogP contribution in [0, 0.1) is 17.1 Å². The molecule has 0 saturated heterocycles. The minimum absolute atomic E-state index is 0.337. The Morgan fingerprint density at radius 2 is 2.13 bits per heavy atom. The molecule has 1 aromatic rings. The molecule has 0 unspecified atom stereocenters. The third kappa shape index (κ3) is 1.66. The second kappa shape index (κ2) is 3.77. The zero-order valence-corrected chi connectivity index (χ0v) is 10.2. The van der Waals surface area contributed by atoms with E-state index in [1.807, 2.05) is 0 Å². The van der Waals surface area contributed by atoms with Crippen molar-refractivity contribution in [2.45, 2.75) is 24.7 Å². The van der Waals surface area contributed by atoms with E-state index in [-0.39, 0.29) is 5.82 Å². The first kappa shape index (κ1) is 10.9. The minimum atomic E-state index is -0.628. The van der Waals surface area contributed by atoms with Crippen molar-refractivity contribution in [2.24, 2.45) is 0 Å². The molecule has 15 heavy (non-hydrogen) atoms. The second-order valence-electron chi connectivity index (χ2n) is 3.79. The van der Waals surface area contributed by atoms with Crippen molar-refractivity contribution in [3.05, 3.63) is 33.0 Å². The first-order chi connectivity index (χ1) is 7.09. The van der Waals surface area contributed by atoms with Gasteiger partial charge in [-0.15, -0.1) is 0 Å². The van der Waals surface area contributed by atoms with E-state index >= 15 is 0 Å². The smallest absolute Gasteiger partial charge is 0.129 e. The van der Waals surface area contributed by atoms with E-state index < -0.39 is 5.41 Å². The molecule has 0 amide bonds. The van der Waals surface area contributed by atoms with Crippen LogP contribution in [0.5, 0.6) is 0 Å². The molecule has 0 heterocycles. The summed E-state index contributed by atoms with van der Waals surface area (Å²) in [5.41, 5.74) is -0.162. The Labute approximate surface area is 101 Å². The van der Waals surface area contributed by atoms with Gasteiger partial charge in [0.2, 0.25) is 0 Å². The topological polar surface area (TPSA) is 23.8 Å². The Balaban J connectivity index is 2.54. The van der Waals surface area contributed by atoms with Crippen LogP contribution in [-0.2, 0) is 5.41 Å². The quantitative estimate of drug-likeness (QED) is 0.711. The molecule has 0 aliphatic heterocycles. The summed E-state index contributed by atoms with van der Waals surface area (Å²) in [6.07, 6.45) is 2.44. The van der Waals surface area contributed by atoms with Gasteiger partial charge in [-0.3, -0.25) is 0 Å². The summed E-state index contributed by atoms with van der Waals surface area (Å²) >= 11 is 9.02. The van der Waals surface area contributed by atoms with E-state index in [4.69, 9.17) is 16.9 Å². The summed E-state index contributed by atoms with van der Waals surface area (Å²) in [5.74, 6) is -0.385. The van der Waals surface area contributed by atoms with Crippen molar-refractivity contribution >= 4 is 27.5 Å². The maximum atomic E-state index is 13.7. The maximum absolute atomic E-state index is 13.7. The summed E-state index contributed by atoms with van der Waals surface area (Å²) in [4.78, 5) is 0. The molecule has 1 nitrogen and oxygen atoms in total. The highest BCUT2D eigenvalue weighted by Crippen LogP contribution is 2.45. The number of nitriles is 1. The van der Waals surface area contributed by atoms with Gasteiger partial charge in [0, 0.05) is 10.0 Å². The van der Waals surface area contributed by atoms with Crippen LogP contribution in [0.25, 0.3) is 0 Å². The number of hydrogen-bond donors (Lipinski definition) is 0. The zero-order valence-electron chi connectivity index (χ0n) is 7.86. The fraction of sp³-hybridized carbons (Fsp3) is 0.364. The maximum Gasteiger partial charge on any atom is 0.129 e. The van der Waals surface area contributed by atoms with Gasteiger partial charge in [-0.2, -0.15) is 5.26 Å². The first-order valence-electron chi connectivity index (χ1n) is 4.65. The Kier molecular flexibility index (Phi) is 2.74. The van der Waals surface area contributed by atoms with Crippen LogP contribution in [-0.4, -0.2) is 0 Å². The summed E-state index contributed by atoms with van der Waals surface area (Å²) in [5, 5.41) is 9.45. The molecule has 1 saturated carbocycles. The van der Waals surface area contributed by atoms with Gasteiger partial charge in [0.25, 0.3) is 0 Å². The average Bonchev–Trinajstić information content (AvgIpc) is 2.12. The minimum Gasteiger partial charge on any atom is -0.207 e. The fourth-order valence-corrected chi connectivity index (χ4v) is 2.35. The van der Waals surface area contributed by atoms with Gasteiger partial charge in [-0.25, -0.2) is 4.39 Å². The standard InChI is InChI=1S/C11H8BrClFN/c12-8-4-7(10(14)5-9(8)13)11(6-15)2-1-3-11/h4-5H,1-3H2. The number of halogens is 3. The number of benzene rings is 1. The second-order valence-corrected chi connectivity index (χ2v) is 5.06. The van der Waals surface area contributed by atoms with Crippen LogP contribution in [0.15, 0.2) is 16.6 Å². The van der Waals surface area contributed by atoms with Crippen molar-refractivity contribution < 1.29 is 4.39 Å². The molecule has 4 heteroatoms. The molecule has 0 N–H and O–H groups in total. The molecule has 0 radical (unpaired) electrons. The van der Waals surface area contributed by atoms with E-state index in [1.165, 1.54) is 6.07 Å². The van der Waals surface area contributed by atoms with Gasteiger partial charge in [-0.1, -0.05) is 11.6 Å². The van der Waals surface area contributed by atoms with E-state index in [9.17, 15) is 4.39 Å². The van der Waals surface area contributed by atoms with Gasteiger partial charge in [0.1, 0.15) is 5.82 Å². The van der Waals surface area contributed by atoms with Crippen molar-refractivity contribution in [1.29, 1.82) is 5.26 Å². The lowest BCUT2D eigenvalue weighted by Crippen LogP contribution is -2.33. The monoisotopic (exact) mass is 287 g/mol. The van der Waals surface area contributed by atoms with E-state index in [0.29, 0.717) is 15.1 Å². The third-order valence-corrected chi connectivity index (χ3v) is 4.14. The highest BCUT2D eigenvalue weighted by Gasteiger charge is 2.41. The molecule has 0 atom stereocenters. The third-order valence-electron chi connectivity index (χ3n) is 2.95. The lowest BCUT2D eigenvalue weighted by atomic mass is 9.65. The van der Waals surface area contributed by atoms with Crippen molar-refractivity contribution in [3.8, 4) is 6.07 Å². The van der Waals surface area contributed by atoms with E-state index in [2.05, 4.69) is 22.0 Å². The summed E-state index contributed by atoms with van der Waals surface area (Å²) in [6.45, 7) is 0. The molecule has 1 aliphatic carbocycles. The largest absolute Gasteiger partial charge is 0.207 e. The Morgan fingerprint density at radius 3 is 2.60 bits per heavy atom. The molecular weight excluding hydrogens is 280 g/mol. The van der Waals surface area contributed by atoms with Crippen molar-refractivity contribution in [1.82, 2.24) is 0 Å². The number of nitrogens with zero attached hydrogens (tertiary/aromatic N) is 1. The molecule has 1 aliphatic rings. The normalized spacial score (nSPS) is 18.0. The Bertz CT molecular complexity index is 449. The van der Waals surface area contributed by atoms with Crippen LogP contribution in [0.2, 0.25) is 5.02 Å². The van der Waals surface area contributed by atoms with Crippen LogP contribution in [0.3, 0.4) is 0 Å². The van der Waals surface area contributed by atoms with E-state index in [1.54, 1.807) is 6.07 Å². The van der Waals surface area contributed by atoms with Crippen LogP contribution < -0.4 is 0 Å². The van der Waals surface area contributed by atoms with Crippen LogP contribution in [0.4, 0.5) is 4.39 Å². The summed E-state index contributed by atoms with van der Waals surface area (Å²) in [6, 6.07) is 5.10. The van der Waals surface area contributed by atoms with Crippen LogP contribution >= 0.6 is 27.5 Å². The van der Waals surface area contributed by atoms with Crippen LogP contribution in [0.1, 0.15) is 24.8 Å². The van der Waals surface area contributed by atoms with Gasteiger partial charge >= 0.3 is 0 Å². The first-order valence-corrected chi connectivity index (χ1v) is 5.82. The SMILES string of the molecule is N#CC1(c2cc(Br)c(Cl)cc2F)CCC1. The van der Waals surface area contributed by atoms with Gasteiger partial charge in [-0.05, 0) is 47.3 Å². The molecule has 1 fully saturated rings. The number of rotatable bonds is 1. The molecule has 2 rings (SSSR count). The van der Waals surface area contributed by atoms with Crippen molar-refractivity contribution in [3.63, 3.8) is 0 Å². The highest BCUT2D eigenvalue weighted by molar-refractivity contribution is 9.10. The van der Waals surface area contributed by atoms with Gasteiger partial charge in [0.05, 0.1) is 16.5 Å². The predicted molar refractivity (Wildman–Crippen MR) is 60.3 cm³/mol. The van der Waals surface area contributed by atoms with E-state index in [0.717, 1.165) is 19.3 Å². The molecule has 0 bridgehead atoms.